The first-order valence-corrected chi connectivity index (χ1v) is 7.13. The third kappa shape index (κ3) is 3.81. The zero-order chi connectivity index (χ0) is 13.0. The van der Waals surface area contributed by atoms with Gasteiger partial charge in [0, 0.05) is 12.6 Å². The predicted molar refractivity (Wildman–Crippen MR) is 74.0 cm³/mol. The fourth-order valence-corrected chi connectivity index (χ4v) is 2.70. The van der Waals surface area contributed by atoms with E-state index in [1.54, 1.807) is 13.0 Å². The van der Waals surface area contributed by atoms with E-state index in [1.165, 1.54) is 32.1 Å². The summed E-state index contributed by atoms with van der Waals surface area (Å²) in [7, 11) is 0. The van der Waals surface area contributed by atoms with Crippen LogP contribution in [0.4, 0.5) is 4.39 Å². The highest BCUT2D eigenvalue weighted by atomic mass is 19.1. The normalized spacial score (nSPS) is 24.8. The predicted octanol–water partition coefficient (Wildman–Crippen LogP) is 4.19. The van der Waals surface area contributed by atoms with Gasteiger partial charge in [-0.05, 0) is 49.3 Å². The van der Waals surface area contributed by atoms with E-state index in [0.717, 1.165) is 23.6 Å². The van der Waals surface area contributed by atoms with Crippen LogP contribution >= 0.6 is 0 Å². The molecule has 2 atom stereocenters. The second kappa shape index (κ2) is 6.33. The summed E-state index contributed by atoms with van der Waals surface area (Å²) in [6, 6.07) is 6.15. The monoisotopic (exact) mass is 249 g/mol. The van der Waals surface area contributed by atoms with Crippen LogP contribution in [0, 0.1) is 18.7 Å². The second-order valence-corrected chi connectivity index (χ2v) is 5.77. The third-order valence-electron chi connectivity index (χ3n) is 4.09. The summed E-state index contributed by atoms with van der Waals surface area (Å²) in [5, 5.41) is 3.58. The number of hydrogen-bond acceptors (Lipinski definition) is 1. The Labute approximate surface area is 110 Å². The van der Waals surface area contributed by atoms with E-state index in [9.17, 15) is 4.39 Å². The van der Waals surface area contributed by atoms with E-state index in [-0.39, 0.29) is 5.82 Å². The molecule has 18 heavy (non-hydrogen) atoms. The Morgan fingerprint density at radius 3 is 2.83 bits per heavy atom. The van der Waals surface area contributed by atoms with Gasteiger partial charge in [0.15, 0.2) is 0 Å². The van der Waals surface area contributed by atoms with Gasteiger partial charge >= 0.3 is 0 Å². The molecule has 2 rings (SSSR count). The van der Waals surface area contributed by atoms with Crippen LogP contribution in [0.2, 0.25) is 0 Å². The molecule has 1 aliphatic carbocycles. The van der Waals surface area contributed by atoms with Gasteiger partial charge in [-0.3, -0.25) is 0 Å². The van der Waals surface area contributed by atoms with Crippen molar-refractivity contribution in [1.29, 1.82) is 0 Å². The van der Waals surface area contributed by atoms with Crippen LogP contribution < -0.4 is 5.32 Å². The topological polar surface area (TPSA) is 12.0 Å². The van der Waals surface area contributed by atoms with E-state index in [4.69, 9.17) is 0 Å². The summed E-state index contributed by atoms with van der Waals surface area (Å²) in [5.74, 6) is 0.775. The lowest BCUT2D eigenvalue weighted by atomic mass is 10.0. The highest BCUT2D eigenvalue weighted by Gasteiger charge is 2.15. The minimum atomic E-state index is -0.0937. The Morgan fingerprint density at radius 2 is 2.06 bits per heavy atom. The lowest BCUT2D eigenvalue weighted by Gasteiger charge is -2.16. The molecule has 0 bridgehead atoms. The SMILES string of the molecule is Cc1ccc(CNC2CCCC(C)CC2)cc1F. The average molecular weight is 249 g/mol. The third-order valence-corrected chi connectivity index (χ3v) is 4.09. The summed E-state index contributed by atoms with van der Waals surface area (Å²) in [6.07, 6.45) is 6.52. The molecule has 1 aromatic rings. The summed E-state index contributed by atoms with van der Waals surface area (Å²) in [5.41, 5.74) is 1.78. The molecule has 0 amide bonds. The zero-order valence-electron chi connectivity index (χ0n) is 11.5. The smallest absolute Gasteiger partial charge is 0.126 e. The number of aryl methyl sites for hydroxylation is 1. The molecule has 1 aromatic carbocycles. The van der Waals surface area contributed by atoms with Crippen molar-refractivity contribution in [3.05, 3.63) is 35.1 Å². The number of nitrogens with one attached hydrogen (secondary N) is 1. The van der Waals surface area contributed by atoms with Gasteiger partial charge in [-0.15, -0.1) is 0 Å². The van der Waals surface area contributed by atoms with Crippen LogP contribution in [-0.2, 0) is 6.54 Å². The molecule has 0 heterocycles. The van der Waals surface area contributed by atoms with Crippen LogP contribution in [0.3, 0.4) is 0 Å². The van der Waals surface area contributed by atoms with Crippen LogP contribution in [0.1, 0.15) is 50.2 Å². The highest BCUT2D eigenvalue weighted by molar-refractivity contribution is 5.23. The summed E-state index contributed by atoms with van der Waals surface area (Å²) >= 11 is 0. The van der Waals surface area contributed by atoms with E-state index >= 15 is 0 Å². The minimum Gasteiger partial charge on any atom is -0.310 e. The minimum absolute atomic E-state index is 0.0937. The van der Waals surface area contributed by atoms with E-state index in [1.807, 2.05) is 12.1 Å². The first kappa shape index (κ1) is 13.5. The van der Waals surface area contributed by atoms with Crippen molar-refractivity contribution in [2.75, 3.05) is 0 Å². The molecule has 0 aromatic heterocycles. The van der Waals surface area contributed by atoms with Gasteiger partial charge in [0.25, 0.3) is 0 Å². The molecular weight excluding hydrogens is 225 g/mol. The number of hydrogen-bond donors (Lipinski definition) is 1. The van der Waals surface area contributed by atoms with Gasteiger partial charge in [0.1, 0.15) is 5.82 Å². The lowest BCUT2D eigenvalue weighted by Crippen LogP contribution is -2.28. The van der Waals surface area contributed by atoms with Crippen molar-refractivity contribution < 1.29 is 4.39 Å². The van der Waals surface area contributed by atoms with Gasteiger partial charge in [-0.25, -0.2) is 4.39 Å². The Balaban J connectivity index is 1.85. The van der Waals surface area contributed by atoms with Crippen molar-refractivity contribution in [3.8, 4) is 0 Å². The Hall–Kier alpha value is -0.890. The maximum absolute atomic E-state index is 13.4. The number of benzene rings is 1. The van der Waals surface area contributed by atoms with Gasteiger partial charge in [0.2, 0.25) is 0 Å². The number of halogens is 1. The van der Waals surface area contributed by atoms with Crippen molar-refractivity contribution in [1.82, 2.24) is 5.32 Å². The van der Waals surface area contributed by atoms with Crippen molar-refractivity contribution in [2.45, 2.75) is 58.5 Å². The molecular formula is C16H24FN. The maximum atomic E-state index is 13.4. The van der Waals surface area contributed by atoms with Crippen molar-refractivity contribution >= 4 is 0 Å². The van der Waals surface area contributed by atoms with Crippen molar-refractivity contribution in [3.63, 3.8) is 0 Å². The first-order chi connectivity index (χ1) is 8.65. The molecule has 2 unspecified atom stereocenters. The molecule has 100 valence electrons. The van der Waals surface area contributed by atoms with Crippen molar-refractivity contribution in [2.24, 2.45) is 5.92 Å². The lowest BCUT2D eigenvalue weighted by molar-refractivity contribution is 0.446. The number of rotatable bonds is 3. The summed E-state index contributed by atoms with van der Waals surface area (Å²) in [4.78, 5) is 0. The van der Waals surface area contributed by atoms with Crippen LogP contribution in [0.25, 0.3) is 0 Å². The van der Waals surface area contributed by atoms with E-state index < -0.39 is 0 Å². The molecule has 1 nitrogen and oxygen atoms in total. The van der Waals surface area contributed by atoms with Crippen LogP contribution in [0.15, 0.2) is 18.2 Å². The summed E-state index contributed by atoms with van der Waals surface area (Å²) in [6.45, 7) is 4.94. The van der Waals surface area contributed by atoms with Gasteiger partial charge in [-0.2, -0.15) is 0 Å². The standard InChI is InChI=1S/C16H24FN/c1-12-4-3-5-15(9-6-12)18-11-14-8-7-13(2)16(17)10-14/h7-8,10,12,15,18H,3-6,9,11H2,1-2H3. The fourth-order valence-electron chi connectivity index (χ4n) is 2.70. The molecule has 1 aliphatic rings. The molecule has 0 aliphatic heterocycles. The fraction of sp³-hybridized carbons (Fsp3) is 0.625. The molecule has 1 saturated carbocycles. The summed E-state index contributed by atoms with van der Waals surface area (Å²) < 4.78 is 13.4. The molecule has 0 spiro atoms. The van der Waals surface area contributed by atoms with Crippen LogP contribution in [-0.4, -0.2) is 6.04 Å². The van der Waals surface area contributed by atoms with E-state index in [0.29, 0.717) is 6.04 Å². The first-order valence-electron chi connectivity index (χ1n) is 7.13. The zero-order valence-corrected chi connectivity index (χ0v) is 11.5. The maximum Gasteiger partial charge on any atom is 0.126 e. The molecule has 0 radical (unpaired) electrons. The molecule has 0 saturated heterocycles. The quantitative estimate of drug-likeness (QED) is 0.792. The Kier molecular flexibility index (Phi) is 4.76. The molecule has 1 fully saturated rings. The Bertz CT molecular complexity index is 389. The Morgan fingerprint density at radius 1 is 1.22 bits per heavy atom. The van der Waals surface area contributed by atoms with E-state index in [2.05, 4.69) is 12.2 Å². The van der Waals surface area contributed by atoms with Crippen LogP contribution in [0.5, 0.6) is 0 Å². The van der Waals surface area contributed by atoms with Gasteiger partial charge in [0.05, 0.1) is 0 Å². The molecule has 1 N–H and O–H groups in total. The second-order valence-electron chi connectivity index (χ2n) is 5.77. The van der Waals surface area contributed by atoms with Gasteiger partial charge < -0.3 is 5.32 Å². The average Bonchev–Trinajstić information content (AvgIpc) is 2.56. The largest absolute Gasteiger partial charge is 0.310 e. The van der Waals surface area contributed by atoms with Gasteiger partial charge in [-0.1, -0.05) is 31.9 Å². The highest BCUT2D eigenvalue weighted by Crippen LogP contribution is 2.22. The molecule has 2 heteroatoms.